The molecule has 2 aromatic carbocycles. The largest absolute Gasteiger partial charge is 0.492 e. The van der Waals surface area contributed by atoms with E-state index < -0.39 is 10.0 Å². The van der Waals surface area contributed by atoms with Crippen molar-refractivity contribution in [2.75, 3.05) is 18.9 Å². The van der Waals surface area contributed by atoms with Crippen LogP contribution in [0.15, 0.2) is 53.4 Å². The summed E-state index contributed by atoms with van der Waals surface area (Å²) in [5.41, 5.74) is 6.20. The maximum Gasteiger partial charge on any atom is 0.240 e. The van der Waals surface area contributed by atoms with Gasteiger partial charge in [-0.25, -0.2) is 13.1 Å². The summed E-state index contributed by atoms with van der Waals surface area (Å²) in [6.07, 6.45) is 0. The Morgan fingerprint density at radius 3 is 2.29 bits per heavy atom. The van der Waals surface area contributed by atoms with E-state index in [1.165, 1.54) is 24.3 Å². The van der Waals surface area contributed by atoms with Gasteiger partial charge in [0.25, 0.3) is 0 Å². The average molecular weight is 327 g/mol. The fourth-order valence-corrected chi connectivity index (χ4v) is 2.75. The Hall–Kier alpha value is -1.76. The van der Waals surface area contributed by atoms with Gasteiger partial charge in [0.05, 0.1) is 4.90 Å². The van der Waals surface area contributed by atoms with Gasteiger partial charge in [0.15, 0.2) is 0 Å². The van der Waals surface area contributed by atoms with E-state index in [1.54, 1.807) is 24.3 Å². The number of nitrogens with one attached hydrogen (secondary N) is 1. The van der Waals surface area contributed by atoms with E-state index in [-0.39, 0.29) is 18.0 Å². The van der Waals surface area contributed by atoms with Gasteiger partial charge in [-0.3, -0.25) is 0 Å². The summed E-state index contributed by atoms with van der Waals surface area (Å²) in [6.45, 7) is 0.381. The number of sulfonamides is 1. The van der Waals surface area contributed by atoms with Crippen LogP contribution in [0.2, 0.25) is 5.02 Å². The van der Waals surface area contributed by atoms with Crippen LogP contribution in [0.3, 0.4) is 0 Å². The van der Waals surface area contributed by atoms with Gasteiger partial charge in [0, 0.05) is 17.3 Å². The van der Waals surface area contributed by atoms with Gasteiger partial charge in [-0.15, -0.1) is 0 Å². The van der Waals surface area contributed by atoms with Crippen molar-refractivity contribution in [2.45, 2.75) is 4.90 Å². The molecule has 21 heavy (non-hydrogen) atoms. The average Bonchev–Trinajstić information content (AvgIpc) is 2.46. The van der Waals surface area contributed by atoms with Crippen LogP contribution in [-0.2, 0) is 10.0 Å². The highest BCUT2D eigenvalue weighted by Crippen LogP contribution is 2.14. The molecule has 0 bridgehead atoms. The second kappa shape index (κ2) is 6.80. The van der Waals surface area contributed by atoms with Crippen LogP contribution in [0, 0.1) is 0 Å². The molecule has 7 heteroatoms. The van der Waals surface area contributed by atoms with Crippen molar-refractivity contribution in [3.8, 4) is 5.75 Å². The standard InChI is InChI=1S/C14H15ClN2O3S/c15-11-1-7-14(8-2-11)21(18,19)17-9-10-20-13-5-3-12(16)4-6-13/h1-8,17H,9-10,16H2. The van der Waals surface area contributed by atoms with Crippen molar-refractivity contribution in [1.82, 2.24) is 4.72 Å². The van der Waals surface area contributed by atoms with Crippen molar-refractivity contribution < 1.29 is 13.2 Å². The lowest BCUT2D eigenvalue weighted by Gasteiger charge is -2.09. The van der Waals surface area contributed by atoms with Crippen molar-refractivity contribution in [3.63, 3.8) is 0 Å². The van der Waals surface area contributed by atoms with Crippen LogP contribution < -0.4 is 15.2 Å². The van der Waals surface area contributed by atoms with E-state index in [1.807, 2.05) is 0 Å². The quantitative estimate of drug-likeness (QED) is 0.630. The molecule has 0 aliphatic carbocycles. The Kier molecular flexibility index (Phi) is 5.06. The molecular weight excluding hydrogens is 312 g/mol. The number of anilines is 1. The van der Waals surface area contributed by atoms with E-state index in [0.717, 1.165) is 0 Å². The van der Waals surface area contributed by atoms with Crippen LogP contribution in [0.25, 0.3) is 0 Å². The summed E-state index contributed by atoms with van der Waals surface area (Å²) in [6, 6.07) is 12.8. The SMILES string of the molecule is Nc1ccc(OCCNS(=O)(=O)c2ccc(Cl)cc2)cc1. The number of halogens is 1. The van der Waals surface area contributed by atoms with Crippen LogP contribution >= 0.6 is 11.6 Å². The molecular formula is C14H15ClN2O3S. The first-order valence-electron chi connectivity index (χ1n) is 6.21. The van der Waals surface area contributed by atoms with E-state index in [9.17, 15) is 8.42 Å². The number of rotatable bonds is 6. The maximum atomic E-state index is 12.0. The molecule has 0 unspecified atom stereocenters. The van der Waals surface area contributed by atoms with Crippen LogP contribution in [-0.4, -0.2) is 21.6 Å². The number of nitrogens with two attached hydrogens (primary N) is 1. The third-order valence-corrected chi connectivity index (χ3v) is 4.40. The van der Waals surface area contributed by atoms with E-state index in [4.69, 9.17) is 22.1 Å². The number of nitrogen functional groups attached to an aromatic ring is 1. The molecule has 0 spiro atoms. The number of hydrogen-bond donors (Lipinski definition) is 2. The fraction of sp³-hybridized carbons (Fsp3) is 0.143. The molecule has 5 nitrogen and oxygen atoms in total. The lowest BCUT2D eigenvalue weighted by molar-refractivity contribution is 0.323. The highest BCUT2D eigenvalue weighted by atomic mass is 35.5. The summed E-state index contributed by atoms with van der Waals surface area (Å²) < 4.78 is 31.8. The van der Waals surface area contributed by atoms with Crippen LogP contribution in [0.1, 0.15) is 0 Å². The smallest absolute Gasteiger partial charge is 0.240 e. The Bertz CT molecular complexity index is 685. The molecule has 0 saturated carbocycles. The molecule has 0 amide bonds. The monoisotopic (exact) mass is 326 g/mol. The van der Waals surface area contributed by atoms with Gasteiger partial charge < -0.3 is 10.5 Å². The highest BCUT2D eigenvalue weighted by Gasteiger charge is 2.12. The number of ether oxygens (including phenoxy) is 1. The zero-order valence-corrected chi connectivity index (χ0v) is 12.7. The molecule has 0 fully saturated rings. The third-order valence-electron chi connectivity index (χ3n) is 2.67. The maximum absolute atomic E-state index is 12.0. The zero-order valence-electron chi connectivity index (χ0n) is 11.1. The molecule has 0 aliphatic rings. The Labute approximate surface area is 128 Å². The van der Waals surface area contributed by atoms with Gasteiger partial charge in [-0.05, 0) is 48.5 Å². The lowest BCUT2D eigenvalue weighted by atomic mass is 10.3. The van der Waals surface area contributed by atoms with Crippen LogP contribution in [0.4, 0.5) is 5.69 Å². The molecule has 2 rings (SSSR count). The number of benzene rings is 2. The summed E-state index contributed by atoms with van der Waals surface area (Å²) >= 11 is 5.72. The van der Waals surface area contributed by atoms with Gasteiger partial charge in [0.1, 0.15) is 12.4 Å². The predicted octanol–water partition coefficient (Wildman–Crippen LogP) is 2.28. The van der Waals surface area contributed by atoms with Gasteiger partial charge in [-0.1, -0.05) is 11.6 Å². The normalized spacial score (nSPS) is 11.3. The molecule has 0 saturated heterocycles. The molecule has 3 N–H and O–H groups in total. The van der Waals surface area contributed by atoms with E-state index >= 15 is 0 Å². The van der Waals surface area contributed by atoms with Gasteiger partial charge in [0.2, 0.25) is 10.0 Å². The molecule has 112 valence electrons. The molecule has 0 aliphatic heterocycles. The minimum absolute atomic E-state index is 0.162. The summed E-state index contributed by atoms with van der Waals surface area (Å²) in [4.78, 5) is 0.166. The van der Waals surface area contributed by atoms with Crippen LogP contribution in [0.5, 0.6) is 5.75 Å². The van der Waals surface area contributed by atoms with Crippen molar-refractivity contribution in [2.24, 2.45) is 0 Å². The Morgan fingerprint density at radius 1 is 1.05 bits per heavy atom. The van der Waals surface area contributed by atoms with Crippen molar-refractivity contribution in [3.05, 3.63) is 53.6 Å². The van der Waals surface area contributed by atoms with Gasteiger partial charge in [-0.2, -0.15) is 0 Å². The Balaban J connectivity index is 1.85. The Morgan fingerprint density at radius 2 is 1.67 bits per heavy atom. The van der Waals surface area contributed by atoms with E-state index in [2.05, 4.69) is 4.72 Å². The highest BCUT2D eigenvalue weighted by molar-refractivity contribution is 7.89. The lowest BCUT2D eigenvalue weighted by Crippen LogP contribution is -2.28. The third kappa shape index (κ3) is 4.63. The van der Waals surface area contributed by atoms with E-state index in [0.29, 0.717) is 16.5 Å². The fourth-order valence-electron chi connectivity index (χ4n) is 1.61. The zero-order chi connectivity index (χ0) is 15.3. The molecule has 2 aromatic rings. The summed E-state index contributed by atoms with van der Waals surface area (Å²) in [7, 11) is -3.55. The van der Waals surface area contributed by atoms with Gasteiger partial charge >= 0.3 is 0 Å². The first kappa shape index (κ1) is 15.6. The predicted molar refractivity (Wildman–Crippen MR) is 83.0 cm³/mol. The molecule has 0 aromatic heterocycles. The second-order valence-electron chi connectivity index (χ2n) is 4.27. The first-order chi connectivity index (χ1) is 9.97. The second-order valence-corrected chi connectivity index (χ2v) is 6.47. The molecule has 0 radical (unpaired) electrons. The minimum atomic E-state index is -3.55. The summed E-state index contributed by atoms with van der Waals surface area (Å²) in [5.74, 6) is 0.634. The van der Waals surface area contributed by atoms with Crippen molar-refractivity contribution in [1.29, 1.82) is 0 Å². The molecule has 0 heterocycles. The topological polar surface area (TPSA) is 81.4 Å². The number of hydrogen-bond acceptors (Lipinski definition) is 4. The van der Waals surface area contributed by atoms with Crippen molar-refractivity contribution >= 4 is 27.3 Å². The minimum Gasteiger partial charge on any atom is -0.492 e. The molecule has 0 atom stereocenters. The first-order valence-corrected chi connectivity index (χ1v) is 8.07. The summed E-state index contributed by atoms with van der Waals surface area (Å²) in [5, 5.41) is 0.487.